The lowest BCUT2D eigenvalue weighted by Gasteiger charge is -2.12. The Labute approximate surface area is 79.8 Å². The molecule has 0 bridgehead atoms. The first-order chi connectivity index (χ1) is 6.09. The molecule has 0 amide bonds. The summed E-state index contributed by atoms with van der Waals surface area (Å²) >= 11 is 0. The average Bonchev–Trinajstić information content (AvgIpc) is 2.04. The first kappa shape index (κ1) is 10.4. The van der Waals surface area contributed by atoms with Gasteiger partial charge in [-0.3, -0.25) is 0 Å². The second-order valence-electron chi connectivity index (χ2n) is 3.43. The van der Waals surface area contributed by atoms with Gasteiger partial charge in [-0.2, -0.15) is 0 Å². The molecule has 0 fully saturated rings. The highest BCUT2D eigenvalue weighted by Crippen LogP contribution is 2.07. The van der Waals surface area contributed by atoms with Crippen LogP contribution < -0.4 is 0 Å². The second-order valence-corrected chi connectivity index (χ2v) is 6.25. The molecule has 0 saturated carbocycles. The van der Waals surface area contributed by atoms with Crippen LogP contribution in [0.3, 0.4) is 0 Å². The van der Waals surface area contributed by atoms with Crippen LogP contribution in [0.5, 0.6) is 0 Å². The molecule has 1 unspecified atom stereocenters. The number of halogens is 1. The van der Waals surface area contributed by atoms with Gasteiger partial charge >= 0.3 is 0 Å². The minimum atomic E-state index is -0.689. The summed E-state index contributed by atoms with van der Waals surface area (Å²) in [5.41, 5.74) is 0.588. The molecule has 13 heavy (non-hydrogen) atoms. The summed E-state index contributed by atoms with van der Waals surface area (Å²) in [6, 6.07) is 6.42. The zero-order chi connectivity index (χ0) is 9.84. The molecule has 0 spiro atoms. The fourth-order valence-corrected chi connectivity index (χ4v) is 1.74. The number of rotatable bonds is 3. The van der Waals surface area contributed by atoms with E-state index in [9.17, 15) is 9.50 Å². The van der Waals surface area contributed by atoms with Crippen LogP contribution in [0.1, 0.15) is 5.56 Å². The van der Waals surface area contributed by atoms with Gasteiger partial charge in [0.15, 0.2) is 0 Å². The van der Waals surface area contributed by atoms with E-state index in [2.05, 4.69) is 13.1 Å². The van der Waals surface area contributed by atoms with Gasteiger partial charge in [0, 0.05) is 5.73 Å². The Bertz CT molecular complexity index is 275. The third-order valence-electron chi connectivity index (χ3n) is 1.98. The van der Waals surface area contributed by atoms with Crippen LogP contribution in [0.25, 0.3) is 0 Å². The van der Waals surface area contributed by atoms with Crippen molar-refractivity contribution in [1.29, 1.82) is 0 Å². The molecule has 1 aromatic carbocycles. The molecule has 71 valence electrons. The molecule has 1 N–H and O–H groups in total. The van der Waals surface area contributed by atoms with Crippen molar-refractivity contribution in [2.75, 3.05) is 0 Å². The Hall–Kier alpha value is -0.673. The fourth-order valence-electron chi connectivity index (χ4n) is 1.09. The van der Waals surface area contributed by atoms with Gasteiger partial charge in [0.1, 0.15) is 5.82 Å². The van der Waals surface area contributed by atoms with E-state index < -0.39 is 8.80 Å². The number of benzene rings is 1. The summed E-state index contributed by atoms with van der Waals surface area (Å²) in [7, 11) is -0.689. The Morgan fingerprint density at radius 2 is 2.15 bits per heavy atom. The van der Waals surface area contributed by atoms with E-state index in [1.165, 1.54) is 12.1 Å². The lowest BCUT2D eigenvalue weighted by atomic mass is 10.1. The van der Waals surface area contributed by atoms with Gasteiger partial charge in [0.25, 0.3) is 0 Å². The first-order valence-corrected chi connectivity index (χ1v) is 6.90. The monoisotopic (exact) mass is 197 g/mol. The second kappa shape index (κ2) is 4.53. The molecule has 1 aromatic rings. The zero-order valence-corrected chi connectivity index (χ0v) is 8.92. The molecule has 1 nitrogen and oxygen atoms in total. The van der Waals surface area contributed by atoms with Crippen LogP contribution in [-0.2, 0) is 6.42 Å². The molecule has 0 saturated heterocycles. The van der Waals surface area contributed by atoms with Gasteiger partial charge in [0.2, 0.25) is 0 Å². The topological polar surface area (TPSA) is 20.2 Å². The molecule has 0 heterocycles. The van der Waals surface area contributed by atoms with E-state index in [-0.39, 0.29) is 11.5 Å². The lowest BCUT2D eigenvalue weighted by molar-refractivity contribution is 0.249. The van der Waals surface area contributed by atoms with E-state index in [4.69, 9.17) is 0 Å². The van der Waals surface area contributed by atoms with Crippen LogP contribution in [0.15, 0.2) is 24.3 Å². The van der Waals surface area contributed by atoms with E-state index in [1.807, 2.05) is 6.07 Å². The summed E-state index contributed by atoms with van der Waals surface area (Å²) in [5, 5.41) is 9.59. The molecular weight excluding hydrogens is 183 g/mol. The predicted octanol–water partition coefficient (Wildman–Crippen LogP) is 2.02. The Morgan fingerprint density at radius 1 is 1.46 bits per heavy atom. The van der Waals surface area contributed by atoms with E-state index >= 15 is 0 Å². The summed E-state index contributed by atoms with van der Waals surface area (Å²) in [5.74, 6) is -0.231. The third-order valence-corrected chi connectivity index (χ3v) is 3.52. The van der Waals surface area contributed by atoms with Crippen molar-refractivity contribution in [3.63, 3.8) is 0 Å². The maximum absolute atomic E-state index is 12.7. The smallest absolute Gasteiger partial charge is 0.123 e. The van der Waals surface area contributed by atoms with Gasteiger partial charge in [0.05, 0.1) is 8.80 Å². The highest BCUT2D eigenvalue weighted by atomic mass is 28.3. The van der Waals surface area contributed by atoms with Crippen LogP contribution in [0.4, 0.5) is 4.39 Å². The maximum Gasteiger partial charge on any atom is 0.123 e. The molecule has 0 aliphatic carbocycles. The SMILES string of the molecule is C[Si](C)C(O)Cc1cccc(F)c1. The summed E-state index contributed by atoms with van der Waals surface area (Å²) in [6.07, 6.45) is 0.569. The number of aliphatic hydroxyl groups is 1. The van der Waals surface area contributed by atoms with Crippen LogP contribution >= 0.6 is 0 Å². The number of hydrogen-bond acceptors (Lipinski definition) is 1. The van der Waals surface area contributed by atoms with Gasteiger partial charge in [-0.25, -0.2) is 4.39 Å². The van der Waals surface area contributed by atoms with E-state index in [1.54, 1.807) is 6.07 Å². The van der Waals surface area contributed by atoms with E-state index in [0.29, 0.717) is 6.42 Å². The molecular formula is C10H14FOSi. The molecule has 0 aromatic heterocycles. The predicted molar refractivity (Wildman–Crippen MR) is 53.6 cm³/mol. The standard InChI is InChI=1S/C10H14FOSi/c1-13(2)10(12)7-8-4-3-5-9(11)6-8/h3-6,10,12H,7H2,1-2H3. The summed E-state index contributed by atoms with van der Waals surface area (Å²) in [4.78, 5) is 0. The first-order valence-electron chi connectivity index (χ1n) is 4.32. The number of hydrogen-bond donors (Lipinski definition) is 1. The Kier molecular flexibility index (Phi) is 3.63. The highest BCUT2D eigenvalue weighted by molar-refractivity contribution is 6.57. The van der Waals surface area contributed by atoms with Crippen LogP contribution in [-0.4, -0.2) is 19.6 Å². The van der Waals surface area contributed by atoms with E-state index in [0.717, 1.165) is 5.56 Å². The van der Waals surface area contributed by atoms with Gasteiger partial charge in [-0.1, -0.05) is 25.2 Å². The molecule has 1 radical (unpaired) electrons. The van der Waals surface area contributed by atoms with Crippen LogP contribution in [0.2, 0.25) is 13.1 Å². The Balaban J connectivity index is 2.64. The molecule has 0 aliphatic heterocycles. The Morgan fingerprint density at radius 3 is 2.69 bits per heavy atom. The van der Waals surface area contributed by atoms with Crippen molar-refractivity contribution in [2.24, 2.45) is 0 Å². The van der Waals surface area contributed by atoms with Crippen molar-refractivity contribution in [2.45, 2.75) is 25.2 Å². The fraction of sp³-hybridized carbons (Fsp3) is 0.400. The molecule has 0 aliphatic rings. The number of aliphatic hydroxyl groups excluding tert-OH is 1. The van der Waals surface area contributed by atoms with Gasteiger partial charge in [-0.05, 0) is 24.1 Å². The maximum atomic E-state index is 12.7. The van der Waals surface area contributed by atoms with Crippen molar-refractivity contribution in [3.05, 3.63) is 35.6 Å². The van der Waals surface area contributed by atoms with Crippen molar-refractivity contribution >= 4 is 8.80 Å². The third kappa shape index (κ3) is 3.28. The highest BCUT2D eigenvalue weighted by Gasteiger charge is 2.11. The average molecular weight is 197 g/mol. The largest absolute Gasteiger partial charge is 0.396 e. The van der Waals surface area contributed by atoms with Gasteiger partial charge in [-0.15, -0.1) is 0 Å². The van der Waals surface area contributed by atoms with Crippen molar-refractivity contribution < 1.29 is 9.50 Å². The minimum Gasteiger partial charge on any atom is -0.396 e. The van der Waals surface area contributed by atoms with Crippen molar-refractivity contribution in [1.82, 2.24) is 0 Å². The molecule has 1 atom stereocenters. The zero-order valence-electron chi connectivity index (χ0n) is 7.92. The van der Waals surface area contributed by atoms with Gasteiger partial charge < -0.3 is 5.11 Å². The van der Waals surface area contributed by atoms with Crippen molar-refractivity contribution in [3.8, 4) is 0 Å². The quantitative estimate of drug-likeness (QED) is 0.735. The van der Waals surface area contributed by atoms with Crippen LogP contribution in [0, 0.1) is 5.82 Å². The molecule has 1 rings (SSSR count). The lowest BCUT2D eigenvalue weighted by Crippen LogP contribution is -2.26. The minimum absolute atomic E-state index is 0.231. The normalized spacial score (nSPS) is 13.3. The summed E-state index contributed by atoms with van der Waals surface area (Å²) < 4.78 is 12.7. The molecule has 3 heteroatoms. The summed E-state index contributed by atoms with van der Waals surface area (Å²) in [6.45, 7) is 4.10.